The van der Waals surface area contributed by atoms with Gasteiger partial charge < -0.3 is 10.1 Å². The molecular formula is C26H28FN3O2. The second-order valence-corrected chi connectivity index (χ2v) is 8.18. The number of nitrogens with one attached hydrogen (secondary N) is 1. The fourth-order valence-corrected chi connectivity index (χ4v) is 4.32. The molecule has 4 rings (SSSR count). The average Bonchev–Trinajstić information content (AvgIpc) is 2.84. The highest BCUT2D eigenvalue weighted by atomic mass is 19.1. The first-order valence-corrected chi connectivity index (χ1v) is 10.9. The summed E-state index contributed by atoms with van der Waals surface area (Å²) in [5.74, 6) is 0.425. The molecular weight excluding hydrogens is 405 g/mol. The molecule has 6 heteroatoms. The van der Waals surface area contributed by atoms with E-state index in [4.69, 9.17) is 4.74 Å². The highest BCUT2D eigenvalue weighted by Crippen LogP contribution is 2.31. The maximum absolute atomic E-state index is 13.6. The maximum atomic E-state index is 13.6. The zero-order valence-electron chi connectivity index (χ0n) is 18.2. The third kappa shape index (κ3) is 5.51. The van der Waals surface area contributed by atoms with Crippen LogP contribution < -0.4 is 10.1 Å². The van der Waals surface area contributed by atoms with E-state index in [0.717, 1.165) is 43.9 Å². The molecule has 32 heavy (non-hydrogen) atoms. The Kier molecular flexibility index (Phi) is 7.12. The Bertz CT molecular complexity index is 1040. The number of carbonyl (C=O) groups is 1. The lowest BCUT2D eigenvalue weighted by Gasteiger charge is -2.36. The zero-order valence-corrected chi connectivity index (χ0v) is 18.2. The predicted molar refractivity (Wildman–Crippen MR) is 122 cm³/mol. The maximum Gasteiger partial charge on any atom is 0.251 e. The fraction of sp³-hybridized carbons (Fsp3) is 0.308. The van der Waals surface area contributed by atoms with Crippen molar-refractivity contribution in [3.8, 4) is 5.75 Å². The number of rotatable bonds is 7. The largest absolute Gasteiger partial charge is 0.497 e. The molecule has 5 nitrogen and oxygen atoms in total. The number of halogens is 1. The normalized spacial score (nSPS) is 15.8. The number of ether oxygens (including phenoxy) is 1. The summed E-state index contributed by atoms with van der Waals surface area (Å²) in [5, 5.41) is 3.12. The molecule has 0 unspecified atom stereocenters. The number of piperidine rings is 1. The predicted octanol–water partition coefficient (Wildman–Crippen LogP) is 4.61. The van der Waals surface area contributed by atoms with Crippen molar-refractivity contribution in [1.29, 1.82) is 0 Å². The summed E-state index contributed by atoms with van der Waals surface area (Å²) < 4.78 is 18.9. The Hall–Kier alpha value is -3.25. The third-order valence-electron chi connectivity index (χ3n) is 6.02. The molecule has 1 amide bonds. The van der Waals surface area contributed by atoms with E-state index < -0.39 is 5.82 Å². The van der Waals surface area contributed by atoms with Gasteiger partial charge in [-0.2, -0.15) is 0 Å². The van der Waals surface area contributed by atoms with Gasteiger partial charge in [-0.25, -0.2) is 4.39 Å². The van der Waals surface area contributed by atoms with E-state index in [2.05, 4.69) is 27.3 Å². The Labute approximate surface area is 188 Å². The van der Waals surface area contributed by atoms with Crippen LogP contribution in [0.1, 0.15) is 40.5 Å². The number of amides is 1. The van der Waals surface area contributed by atoms with Gasteiger partial charge in [-0.15, -0.1) is 0 Å². The van der Waals surface area contributed by atoms with Gasteiger partial charge in [0, 0.05) is 18.3 Å². The lowest BCUT2D eigenvalue weighted by Crippen LogP contribution is -2.40. The topological polar surface area (TPSA) is 54.5 Å². The van der Waals surface area contributed by atoms with Crippen LogP contribution in [0.3, 0.4) is 0 Å². The van der Waals surface area contributed by atoms with E-state index in [1.54, 1.807) is 25.4 Å². The summed E-state index contributed by atoms with van der Waals surface area (Å²) in [6, 6.07) is 19.5. The molecule has 3 aromatic rings. The Balaban J connectivity index is 1.44. The molecule has 166 valence electrons. The number of hydrogen-bond donors (Lipinski definition) is 1. The molecule has 1 aromatic heterocycles. The summed E-state index contributed by atoms with van der Waals surface area (Å²) in [4.78, 5) is 19.8. The van der Waals surface area contributed by atoms with E-state index in [9.17, 15) is 9.18 Å². The molecule has 2 aromatic carbocycles. The standard InChI is InChI=1S/C26H28FN3O2/c1-32-23-9-4-6-19(16-23)18-30-14-11-20(12-15-30)25(24-10-2-3-13-28-24)29-26(31)21-7-5-8-22(27)17-21/h2-10,13,16-17,20,25H,11-12,14-15,18H2,1H3,(H,29,31)/t25-/m0/s1. The summed E-state index contributed by atoms with van der Waals surface area (Å²) in [6.45, 7) is 2.73. The van der Waals surface area contributed by atoms with E-state index in [1.807, 2.05) is 30.3 Å². The molecule has 0 saturated carbocycles. The van der Waals surface area contributed by atoms with Gasteiger partial charge in [0.15, 0.2) is 0 Å². The molecule has 0 radical (unpaired) electrons. The van der Waals surface area contributed by atoms with Gasteiger partial charge >= 0.3 is 0 Å². The van der Waals surface area contributed by atoms with Crippen molar-refractivity contribution in [2.45, 2.75) is 25.4 Å². The molecule has 1 saturated heterocycles. The van der Waals surface area contributed by atoms with Gasteiger partial charge in [0.1, 0.15) is 11.6 Å². The fourth-order valence-electron chi connectivity index (χ4n) is 4.32. The van der Waals surface area contributed by atoms with Gasteiger partial charge in [0.25, 0.3) is 5.91 Å². The molecule has 1 atom stereocenters. The summed E-state index contributed by atoms with van der Waals surface area (Å²) in [5.41, 5.74) is 2.38. The van der Waals surface area contributed by atoms with Gasteiger partial charge in [-0.05, 0) is 79.9 Å². The quantitative estimate of drug-likeness (QED) is 0.591. The molecule has 1 aliphatic rings. The SMILES string of the molecule is COc1cccc(CN2CCC([C@H](NC(=O)c3cccc(F)c3)c3ccccn3)CC2)c1. The number of aromatic nitrogens is 1. The van der Waals surface area contributed by atoms with E-state index in [0.29, 0.717) is 5.56 Å². The van der Waals surface area contributed by atoms with Crippen LogP contribution in [0.4, 0.5) is 4.39 Å². The highest BCUT2D eigenvalue weighted by molar-refractivity contribution is 5.94. The molecule has 1 fully saturated rings. The number of methoxy groups -OCH3 is 1. The highest BCUT2D eigenvalue weighted by Gasteiger charge is 2.30. The summed E-state index contributed by atoms with van der Waals surface area (Å²) in [7, 11) is 1.68. The number of benzene rings is 2. The number of nitrogens with zero attached hydrogens (tertiary/aromatic N) is 2. The summed E-state index contributed by atoms with van der Waals surface area (Å²) in [6.07, 6.45) is 3.62. The van der Waals surface area contributed by atoms with Gasteiger partial charge in [-0.3, -0.25) is 14.7 Å². The van der Waals surface area contributed by atoms with Gasteiger partial charge in [-0.1, -0.05) is 24.3 Å². The Morgan fingerprint density at radius 1 is 1.12 bits per heavy atom. The van der Waals surface area contributed by atoms with Gasteiger partial charge in [0.2, 0.25) is 0 Å². The van der Waals surface area contributed by atoms with Crippen LogP contribution in [-0.4, -0.2) is 36.0 Å². The number of hydrogen-bond acceptors (Lipinski definition) is 4. The monoisotopic (exact) mass is 433 g/mol. The van der Waals surface area contributed by atoms with E-state index in [-0.39, 0.29) is 17.9 Å². The number of likely N-dealkylation sites (tertiary alicyclic amines) is 1. The van der Waals surface area contributed by atoms with Crippen molar-refractivity contribution < 1.29 is 13.9 Å². The molecule has 2 heterocycles. The van der Waals surface area contributed by atoms with Crippen molar-refractivity contribution in [3.63, 3.8) is 0 Å². The minimum Gasteiger partial charge on any atom is -0.497 e. The minimum atomic E-state index is -0.419. The Morgan fingerprint density at radius 2 is 1.94 bits per heavy atom. The van der Waals surface area contributed by atoms with Crippen molar-refractivity contribution in [2.24, 2.45) is 5.92 Å². The second-order valence-electron chi connectivity index (χ2n) is 8.18. The summed E-state index contributed by atoms with van der Waals surface area (Å²) >= 11 is 0. The number of pyridine rings is 1. The van der Waals surface area contributed by atoms with Crippen LogP contribution in [0.5, 0.6) is 5.75 Å². The van der Waals surface area contributed by atoms with Crippen molar-refractivity contribution in [1.82, 2.24) is 15.2 Å². The first-order chi connectivity index (χ1) is 15.6. The second kappa shape index (κ2) is 10.4. The van der Waals surface area contributed by atoms with Crippen molar-refractivity contribution in [2.75, 3.05) is 20.2 Å². The smallest absolute Gasteiger partial charge is 0.251 e. The molecule has 0 spiro atoms. The molecule has 0 bridgehead atoms. The average molecular weight is 434 g/mol. The van der Waals surface area contributed by atoms with Crippen LogP contribution >= 0.6 is 0 Å². The molecule has 1 N–H and O–H groups in total. The Morgan fingerprint density at radius 3 is 2.66 bits per heavy atom. The lowest BCUT2D eigenvalue weighted by atomic mass is 9.87. The van der Waals surface area contributed by atoms with Gasteiger partial charge in [0.05, 0.1) is 18.8 Å². The third-order valence-corrected chi connectivity index (χ3v) is 6.02. The first-order valence-electron chi connectivity index (χ1n) is 10.9. The van der Waals surface area contributed by atoms with E-state index >= 15 is 0 Å². The van der Waals surface area contributed by atoms with Crippen LogP contribution in [-0.2, 0) is 6.54 Å². The minimum absolute atomic E-state index is 0.217. The van der Waals surface area contributed by atoms with Crippen LogP contribution in [0.15, 0.2) is 72.9 Å². The number of carbonyl (C=O) groups excluding carboxylic acids is 1. The van der Waals surface area contributed by atoms with Crippen LogP contribution in [0, 0.1) is 11.7 Å². The first kappa shape index (κ1) is 22.0. The van der Waals surface area contributed by atoms with E-state index in [1.165, 1.54) is 17.7 Å². The van der Waals surface area contributed by atoms with Crippen LogP contribution in [0.2, 0.25) is 0 Å². The zero-order chi connectivity index (χ0) is 22.3. The van der Waals surface area contributed by atoms with Crippen molar-refractivity contribution in [3.05, 3.63) is 95.6 Å². The van der Waals surface area contributed by atoms with Crippen molar-refractivity contribution >= 4 is 5.91 Å². The lowest BCUT2D eigenvalue weighted by molar-refractivity contribution is 0.0888. The van der Waals surface area contributed by atoms with Crippen LogP contribution in [0.25, 0.3) is 0 Å². The molecule has 0 aliphatic carbocycles. The molecule has 1 aliphatic heterocycles.